The number of pyridine rings is 1. The van der Waals surface area contributed by atoms with E-state index in [-0.39, 0.29) is 5.91 Å². The Morgan fingerprint density at radius 1 is 1.18 bits per heavy atom. The molecule has 3 N–H and O–H groups in total. The van der Waals surface area contributed by atoms with Crippen LogP contribution < -0.4 is 11.3 Å². The molecule has 17 heavy (non-hydrogen) atoms. The second kappa shape index (κ2) is 5.47. The van der Waals surface area contributed by atoms with Crippen molar-refractivity contribution in [3.8, 4) is 0 Å². The van der Waals surface area contributed by atoms with Gasteiger partial charge in [-0.25, -0.2) is 10.8 Å². The average Bonchev–Trinajstić information content (AvgIpc) is 2.40. The number of benzene rings is 1. The van der Waals surface area contributed by atoms with Gasteiger partial charge in [0.25, 0.3) is 5.91 Å². The Hall–Kier alpha value is -1.85. The normalized spacial score (nSPS) is 9.94. The third-order valence-electron chi connectivity index (χ3n) is 2.11. The molecule has 0 saturated heterocycles. The van der Waals surface area contributed by atoms with Gasteiger partial charge in [-0.05, 0) is 36.4 Å². The lowest BCUT2D eigenvalue weighted by molar-refractivity contribution is 0.0953. The molecule has 0 aliphatic rings. The Balaban J connectivity index is 2.11. The second-order valence-electron chi connectivity index (χ2n) is 3.27. The number of nitrogens with one attached hydrogen (secondary N) is 1. The third-order valence-corrected chi connectivity index (χ3v) is 3.07. The quantitative estimate of drug-likeness (QED) is 0.492. The molecule has 1 heterocycles. The molecule has 0 aliphatic heterocycles. The Morgan fingerprint density at radius 3 is 2.53 bits per heavy atom. The first-order valence-corrected chi connectivity index (χ1v) is 5.81. The smallest absolute Gasteiger partial charge is 0.265 e. The number of hydrogen-bond donors (Lipinski definition) is 2. The molecule has 0 atom stereocenters. The van der Waals surface area contributed by atoms with E-state index in [0.29, 0.717) is 5.56 Å². The summed E-state index contributed by atoms with van der Waals surface area (Å²) in [5.74, 6) is 4.76. The Bertz CT molecular complexity index is 499. The predicted octanol–water partition coefficient (Wildman–Crippen LogP) is 1.84. The maximum absolute atomic E-state index is 11.2. The maximum Gasteiger partial charge on any atom is 0.265 e. The van der Waals surface area contributed by atoms with Gasteiger partial charge in [0.05, 0.1) is 0 Å². The molecule has 86 valence electrons. The summed E-state index contributed by atoms with van der Waals surface area (Å²) in [7, 11) is 0. The lowest BCUT2D eigenvalue weighted by atomic mass is 10.2. The number of nitrogens with two attached hydrogens (primary N) is 1. The number of aromatic nitrogens is 1. The monoisotopic (exact) mass is 245 g/mol. The summed E-state index contributed by atoms with van der Waals surface area (Å²) in [5.41, 5.74) is 2.63. The fraction of sp³-hybridized carbons (Fsp3) is 0. The minimum absolute atomic E-state index is 0.292. The number of nitrogens with zero attached hydrogens (tertiary/aromatic N) is 1. The number of rotatable bonds is 3. The topological polar surface area (TPSA) is 68.0 Å². The minimum Gasteiger partial charge on any atom is -0.290 e. The highest BCUT2D eigenvalue weighted by Crippen LogP contribution is 2.25. The van der Waals surface area contributed by atoms with Crippen molar-refractivity contribution in [2.45, 2.75) is 9.92 Å². The molecule has 0 radical (unpaired) electrons. The van der Waals surface area contributed by atoms with Crippen LogP contribution in [0.15, 0.2) is 58.6 Å². The largest absolute Gasteiger partial charge is 0.290 e. The van der Waals surface area contributed by atoms with Crippen LogP contribution in [0.5, 0.6) is 0 Å². The lowest BCUT2D eigenvalue weighted by Gasteiger charge is -2.02. The summed E-state index contributed by atoms with van der Waals surface area (Å²) in [6.07, 6.45) is 1.75. The maximum atomic E-state index is 11.2. The van der Waals surface area contributed by atoms with E-state index < -0.39 is 0 Å². The first-order chi connectivity index (χ1) is 8.29. The molecule has 0 fully saturated rings. The zero-order valence-corrected chi connectivity index (χ0v) is 9.78. The van der Waals surface area contributed by atoms with Crippen molar-refractivity contribution in [3.05, 3.63) is 54.2 Å². The molecule has 1 aromatic carbocycles. The lowest BCUT2D eigenvalue weighted by Crippen LogP contribution is -2.29. The summed E-state index contributed by atoms with van der Waals surface area (Å²) >= 11 is 1.54. The van der Waals surface area contributed by atoms with Crippen LogP contribution >= 0.6 is 11.8 Å². The van der Waals surface area contributed by atoms with Gasteiger partial charge in [0.1, 0.15) is 5.03 Å². The van der Waals surface area contributed by atoms with Crippen LogP contribution in [-0.2, 0) is 0 Å². The van der Waals surface area contributed by atoms with E-state index >= 15 is 0 Å². The van der Waals surface area contributed by atoms with Gasteiger partial charge in [-0.3, -0.25) is 10.2 Å². The number of carbonyl (C=O) groups is 1. The molecule has 0 saturated carbocycles. The number of nitrogen functional groups attached to an aromatic ring is 1. The SMILES string of the molecule is NNC(=O)c1ccc(Sc2ccccn2)cc1. The molecule has 0 aliphatic carbocycles. The van der Waals surface area contributed by atoms with Crippen molar-refractivity contribution in [1.82, 2.24) is 10.4 Å². The standard InChI is InChI=1S/C12H11N3OS/c13-15-12(16)9-4-6-10(7-5-9)17-11-3-1-2-8-14-11/h1-8H,13H2,(H,15,16). The van der Waals surface area contributed by atoms with Gasteiger partial charge in [0, 0.05) is 16.7 Å². The molecule has 1 aromatic heterocycles. The van der Waals surface area contributed by atoms with Crippen LogP contribution in [-0.4, -0.2) is 10.9 Å². The Morgan fingerprint density at radius 2 is 1.94 bits per heavy atom. The highest BCUT2D eigenvalue weighted by atomic mass is 32.2. The van der Waals surface area contributed by atoms with Crippen LogP contribution in [0.3, 0.4) is 0 Å². The van der Waals surface area contributed by atoms with Crippen LogP contribution in [0.4, 0.5) is 0 Å². The molecule has 5 heteroatoms. The van der Waals surface area contributed by atoms with Crippen molar-refractivity contribution in [3.63, 3.8) is 0 Å². The van der Waals surface area contributed by atoms with Crippen molar-refractivity contribution >= 4 is 17.7 Å². The van der Waals surface area contributed by atoms with Crippen LogP contribution in [0.2, 0.25) is 0 Å². The zero-order valence-electron chi connectivity index (χ0n) is 8.96. The Kier molecular flexibility index (Phi) is 3.74. The van der Waals surface area contributed by atoms with Crippen molar-refractivity contribution in [2.75, 3.05) is 0 Å². The first kappa shape index (κ1) is 11.6. The molecule has 2 rings (SSSR count). The molecule has 4 nitrogen and oxygen atoms in total. The summed E-state index contributed by atoms with van der Waals surface area (Å²) in [6, 6.07) is 12.9. The van der Waals surface area contributed by atoms with E-state index in [4.69, 9.17) is 5.84 Å². The van der Waals surface area contributed by atoms with Crippen molar-refractivity contribution in [1.29, 1.82) is 0 Å². The van der Waals surface area contributed by atoms with Gasteiger partial charge in [-0.1, -0.05) is 17.8 Å². The first-order valence-electron chi connectivity index (χ1n) is 4.99. The third kappa shape index (κ3) is 3.05. The van der Waals surface area contributed by atoms with E-state index in [1.54, 1.807) is 30.1 Å². The molecule has 1 amide bonds. The highest BCUT2D eigenvalue weighted by Gasteiger charge is 2.03. The van der Waals surface area contributed by atoms with Gasteiger partial charge in [0.2, 0.25) is 0 Å². The number of hydrogen-bond acceptors (Lipinski definition) is 4. The van der Waals surface area contributed by atoms with Crippen LogP contribution in [0.25, 0.3) is 0 Å². The van der Waals surface area contributed by atoms with Crippen molar-refractivity contribution in [2.24, 2.45) is 5.84 Å². The van der Waals surface area contributed by atoms with E-state index in [9.17, 15) is 4.79 Å². The fourth-order valence-electron chi connectivity index (χ4n) is 1.29. The van der Waals surface area contributed by atoms with Gasteiger partial charge >= 0.3 is 0 Å². The second-order valence-corrected chi connectivity index (χ2v) is 4.36. The summed E-state index contributed by atoms with van der Waals surface area (Å²) in [6.45, 7) is 0. The summed E-state index contributed by atoms with van der Waals surface area (Å²) in [5, 5.41) is 0.920. The molecule has 0 spiro atoms. The van der Waals surface area contributed by atoms with E-state index in [0.717, 1.165) is 9.92 Å². The highest BCUT2D eigenvalue weighted by molar-refractivity contribution is 7.99. The fourth-order valence-corrected chi connectivity index (χ4v) is 2.06. The predicted molar refractivity (Wildman–Crippen MR) is 66.5 cm³/mol. The average molecular weight is 245 g/mol. The van der Waals surface area contributed by atoms with E-state index in [2.05, 4.69) is 10.4 Å². The molecule has 0 unspecified atom stereocenters. The van der Waals surface area contributed by atoms with E-state index in [1.807, 2.05) is 30.3 Å². The number of carbonyl (C=O) groups excluding carboxylic acids is 1. The summed E-state index contributed by atoms with van der Waals surface area (Å²) < 4.78 is 0. The molecule has 0 bridgehead atoms. The molecular formula is C12H11N3OS. The van der Waals surface area contributed by atoms with Gasteiger partial charge in [0.15, 0.2) is 0 Å². The Labute approximate surface area is 103 Å². The zero-order chi connectivity index (χ0) is 12.1. The minimum atomic E-state index is -0.292. The van der Waals surface area contributed by atoms with Crippen molar-refractivity contribution < 1.29 is 4.79 Å². The summed E-state index contributed by atoms with van der Waals surface area (Å²) in [4.78, 5) is 16.5. The van der Waals surface area contributed by atoms with Gasteiger partial charge in [-0.2, -0.15) is 0 Å². The number of hydrazine groups is 1. The van der Waals surface area contributed by atoms with E-state index in [1.165, 1.54) is 0 Å². The van der Waals surface area contributed by atoms with Crippen LogP contribution in [0, 0.1) is 0 Å². The molecular weight excluding hydrogens is 234 g/mol. The van der Waals surface area contributed by atoms with Crippen LogP contribution in [0.1, 0.15) is 10.4 Å². The van der Waals surface area contributed by atoms with Gasteiger partial charge < -0.3 is 0 Å². The molecule has 2 aromatic rings. The van der Waals surface area contributed by atoms with Gasteiger partial charge in [-0.15, -0.1) is 0 Å². The number of amides is 1.